The van der Waals surface area contributed by atoms with Crippen LogP contribution in [0.25, 0.3) is 0 Å². The summed E-state index contributed by atoms with van der Waals surface area (Å²) in [7, 11) is 0. The van der Waals surface area contributed by atoms with E-state index in [1.807, 2.05) is 0 Å². The number of rotatable bonds is 2. The van der Waals surface area contributed by atoms with Gasteiger partial charge in [0.05, 0.1) is 0 Å². The van der Waals surface area contributed by atoms with Crippen molar-refractivity contribution in [1.29, 1.82) is 0 Å². The number of benzene rings is 1. The topological polar surface area (TPSA) is 0 Å². The van der Waals surface area contributed by atoms with Gasteiger partial charge in [0.1, 0.15) is 0 Å². The second kappa shape index (κ2) is 4.13. The number of hydrogen-bond donors (Lipinski definition) is 0. The Hall–Kier alpha value is -1.39. The second-order valence-corrected chi connectivity index (χ2v) is 4.35. The Bertz CT molecular complexity index is 459. The lowest BCUT2D eigenvalue weighted by Crippen LogP contribution is -2.24. The molecule has 0 amide bonds. The van der Waals surface area contributed by atoms with E-state index < -0.39 is 40.1 Å². The highest BCUT2D eigenvalue weighted by Crippen LogP contribution is 2.36. The third kappa shape index (κ3) is 1.94. The van der Waals surface area contributed by atoms with Crippen LogP contribution in [0.3, 0.4) is 0 Å². The molecule has 0 bridgehead atoms. The van der Waals surface area contributed by atoms with E-state index in [0.29, 0.717) is 5.57 Å². The monoisotopic (exact) mass is 250 g/mol. The summed E-state index contributed by atoms with van der Waals surface area (Å²) in [6.45, 7) is 7.63. The Balaban J connectivity index is 3.72. The van der Waals surface area contributed by atoms with Gasteiger partial charge in [0, 0.05) is 11.0 Å². The highest BCUT2D eigenvalue weighted by molar-refractivity contribution is 5.36. The molecule has 0 radical (unpaired) electrons. The fourth-order valence-corrected chi connectivity index (χ4v) is 1.37. The van der Waals surface area contributed by atoms with E-state index >= 15 is 0 Å². The Kier molecular flexibility index (Phi) is 3.32. The number of halogens is 5. The Morgan fingerprint density at radius 3 is 1.41 bits per heavy atom. The molecule has 0 aliphatic carbocycles. The third-order valence-electron chi connectivity index (χ3n) is 2.90. The van der Waals surface area contributed by atoms with Crippen LogP contribution in [0.1, 0.15) is 26.3 Å². The lowest BCUT2D eigenvalue weighted by atomic mass is 9.78. The maximum absolute atomic E-state index is 13.5. The van der Waals surface area contributed by atoms with Crippen molar-refractivity contribution >= 4 is 0 Å². The largest absolute Gasteiger partial charge is 0.203 e. The third-order valence-corrected chi connectivity index (χ3v) is 2.90. The summed E-state index contributed by atoms with van der Waals surface area (Å²) in [5.41, 5.74) is -1.91. The summed E-state index contributed by atoms with van der Waals surface area (Å²) in [6.07, 6.45) is 0. The first kappa shape index (κ1) is 13.7. The first-order valence-corrected chi connectivity index (χ1v) is 4.80. The van der Waals surface area contributed by atoms with Crippen LogP contribution in [-0.4, -0.2) is 0 Å². The van der Waals surface area contributed by atoms with Crippen molar-refractivity contribution in [3.05, 3.63) is 46.8 Å². The molecule has 0 saturated heterocycles. The summed E-state index contributed by atoms with van der Waals surface area (Å²) in [4.78, 5) is 0. The minimum Gasteiger partial charge on any atom is -0.203 e. The van der Waals surface area contributed by atoms with Crippen LogP contribution in [-0.2, 0) is 5.41 Å². The molecule has 0 aliphatic heterocycles. The highest BCUT2D eigenvalue weighted by atomic mass is 19.2. The Morgan fingerprint density at radius 2 is 1.12 bits per heavy atom. The Labute approximate surface area is 95.8 Å². The van der Waals surface area contributed by atoms with E-state index in [4.69, 9.17) is 0 Å². The number of hydrogen-bond acceptors (Lipinski definition) is 0. The fourth-order valence-electron chi connectivity index (χ4n) is 1.37. The van der Waals surface area contributed by atoms with Crippen molar-refractivity contribution in [3.8, 4) is 0 Å². The SMILES string of the molecule is C=C(C)C(C)(C)c1c(F)c(F)c(F)c(F)c1F. The number of allylic oxidation sites excluding steroid dienone is 1. The molecular weight excluding hydrogens is 239 g/mol. The van der Waals surface area contributed by atoms with Crippen LogP contribution in [0.15, 0.2) is 12.2 Å². The minimum absolute atomic E-state index is 0.292. The molecule has 5 heteroatoms. The quantitative estimate of drug-likeness (QED) is 0.319. The van der Waals surface area contributed by atoms with Crippen LogP contribution in [0.4, 0.5) is 22.0 Å². The van der Waals surface area contributed by atoms with E-state index in [9.17, 15) is 22.0 Å². The van der Waals surface area contributed by atoms with Gasteiger partial charge in [-0.15, -0.1) is 0 Å². The van der Waals surface area contributed by atoms with Crippen molar-refractivity contribution in [2.75, 3.05) is 0 Å². The molecule has 0 spiro atoms. The molecular formula is C12H11F5. The van der Waals surface area contributed by atoms with E-state index in [1.165, 1.54) is 20.8 Å². The second-order valence-electron chi connectivity index (χ2n) is 4.35. The van der Waals surface area contributed by atoms with Crippen molar-refractivity contribution in [1.82, 2.24) is 0 Å². The molecule has 1 aromatic carbocycles. The predicted octanol–water partition coefficient (Wildman–Crippen LogP) is 4.24. The van der Waals surface area contributed by atoms with Gasteiger partial charge in [-0.3, -0.25) is 0 Å². The van der Waals surface area contributed by atoms with Gasteiger partial charge in [-0.05, 0) is 6.92 Å². The molecule has 0 aliphatic rings. The molecule has 0 heterocycles. The van der Waals surface area contributed by atoms with Crippen molar-refractivity contribution < 1.29 is 22.0 Å². The molecule has 94 valence electrons. The highest BCUT2D eigenvalue weighted by Gasteiger charge is 2.35. The summed E-state index contributed by atoms with van der Waals surface area (Å²) in [6, 6.07) is 0. The van der Waals surface area contributed by atoms with Gasteiger partial charge in [-0.25, -0.2) is 22.0 Å². The van der Waals surface area contributed by atoms with Gasteiger partial charge in [-0.1, -0.05) is 26.0 Å². The first-order chi connectivity index (χ1) is 7.62. The molecule has 0 N–H and O–H groups in total. The molecule has 0 aromatic heterocycles. The van der Waals surface area contributed by atoms with Gasteiger partial charge >= 0.3 is 0 Å². The zero-order chi connectivity index (χ0) is 13.5. The average Bonchev–Trinajstić information content (AvgIpc) is 2.23. The summed E-state index contributed by atoms with van der Waals surface area (Å²) < 4.78 is 65.8. The van der Waals surface area contributed by atoms with Crippen LogP contribution >= 0.6 is 0 Å². The first-order valence-electron chi connectivity index (χ1n) is 4.80. The van der Waals surface area contributed by atoms with Crippen LogP contribution in [0.5, 0.6) is 0 Å². The zero-order valence-electron chi connectivity index (χ0n) is 9.60. The summed E-state index contributed by atoms with van der Waals surface area (Å²) in [5, 5.41) is 0. The van der Waals surface area contributed by atoms with E-state index in [-0.39, 0.29) is 0 Å². The van der Waals surface area contributed by atoms with Crippen LogP contribution in [0.2, 0.25) is 0 Å². The van der Waals surface area contributed by atoms with E-state index in [0.717, 1.165) is 0 Å². The van der Waals surface area contributed by atoms with Gasteiger partial charge < -0.3 is 0 Å². The molecule has 1 aromatic rings. The summed E-state index contributed by atoms with van der Waals surface area (Å²) in [5.74, 6) is -9.65. The van der Waals surface area contributed by atoms with Crippen molar-refractivity contribution in [2.45, 2.75) is 26.2 Å². The molecule has 0 nitrogen and oxygen atoms in total. The maximum atomic E-state index is 13.5. The standard InChI is InChI=1S/C12H11F5/c1-5(2)12(3,4)6-7(13)9(15)11(17)10(16)8(6)14/h1H2,2-4H3. The van der Waals surface area contributed by atoms with Gasteiger partial charge in [0.25, 0.3) is 0 Å². The lowest BCUT2D eigenvalue weighted by molar-refractivity contribution is 0.356. The normalized spacial score (nSPS) is 11.8. The molecule has 1 rings (SSSR count). The molecule has 0 atom stereocenters. The van der Waals surface area contributed by atoms with Crippen LogP contribution in [0, 0.1) is 29.1 Å². The smallest absolute Gasteiger partial charge is 0.200 e. The van der Waals surface area contributed by atoms with Crippen LogP contribution < -0.4 is 0 Å². The predicted molar refractivity (Wildman–Crippen MR) is 54.1 cm³/mol. The van der Waals surface area contributed by atoms with Gasteiger partial charge in [0.2, 0.25) is 5.82 Å². The van der Waals surface area contributed by atoms with Crippen molar-refractivity contribution in [2.24, 2.45) is 0 Å². The van der Waals surface area contributed by atoms with Crippen molar-refractivity contribution in [3.63, 3.8) is 0 Å². The molecule has 0 unspecified atom stereocenters. The summed E-state index contributed by atoms with van der Waals surface area (Å²) >= 11 is 0. The zero-order valence-corrected chi connectivity index (χ0v) is 9.60. The molecule has 0 fully saturated rings. The lowest BCUT2D eigenvalue weighted by Gasteiger charge is -2.27. The average molecular weight is 250 g/mol. The fraction of sp³-hybridized carbons (Fsp3) is 0.333. The van der Waals surface area contributed by atoms with Gasteiger partial charge in [-0.2, -0.15) is 0 Å². The minimum atomic E-state index is -2.15. The van der Waals surface area contributed by atoms with Gasteiger partial charge in [0.15, 0.2) is 23.3 Å². The maximum Gasteiger partial charge on any atom is 0.200 e. The van der Waals surface area contributed by atoms with E-state index in [2.05, 4.69) is 6.58 Å². The molecule has 17 heavy (non-hydrogen) atoms. The molecule has 0 saturated carbocycles. The van der Waals surface area contributed by atoms with E-state index in [1.54, 1.807) is 0 Å². The Morgan fingerprint density at radius 1 is 0.824 bits per heavy atom.